The Morgan fingerprint density at radius 3 is 2.13 bits per heavy atom. The predicted molar refractivity (Wildman–Crippen MR) is 131 cm³/mol. The van der Waals surface area contributed by atoms with E-state index in [1.807, 2.05) is 36.4 Å². The summed E-state index contributed by atoms with van der Waals surface area (Å²) in [6.45, 7) is 2.71. The highest BCUT2D eigenvalue weighted by Gasteiger charge is 2.25. The SMILES string of the molecule is Clc1ccc([C@@H]2CNCCN2c2ccc(Cl)cc2Cl)cc1.OC1Cc2ccccc2C1. The molecule has 2 N–H and O–H groups in total. The average Bonchev–Trinajstić information content (AvgIpc) is 3.15. The first-order valence-corrected chi connectivity index (χ1v) is 11.6. The first-order chi connectivity index (χ1) is 15.0. The van der Waals surface area contributed by atoms with Gasteiger partial charge in [-0.2, -0.15) is 0 Å². The number of hydrogen-bond donors (Lipinski definition) is 2. The van der Waals surface area contributed by atoms with Crippen molar-refractivity contribution in [2.45, 2.75) is 25.0 Å². The van der Waals surface area contributed by atoms with Gasteiger partial charge in [0.05, 0.1) is 22.9 Å². The Morgan fingerprint density at radius 1 is 0.839 bits per heavy atom. The van der Waals surface area contributed by atoms with Gasteiger partial charge in [0.2, 0.25) is 0 Å². The van der Waals surface area contributed by atoms with Gasteiger partial charge in [0.25, 0.3) is 0 Å². The molecule has 1 aliphatic heterocycles. The van der Waals surface area contributed by atoms with Crippen LogP contribution in [0.1, 0.15) is 22.7 Å². The van der Waals surface area contributed by atoms with E-state index in [-0.39, 0.29) is 12.1 Å². The molecule has 3 nitrogen and oxygen atoms in total. The lowest BCUT2D eigenvalue weighted by Gasteiger charge is -2.38. The fourth-order valence-electron chi connectivity index (χ4n) is 4.23. The minimum atomic E-state index is -0.127. The van der Waals surface area contributed by atoms with Gasteiger partial charge >= 0.3 is 0 Å². The number of halogens is 3. The third-order valence-electron chi connectivity index (χ3n) is 5.75. The zero-order valence-electron chi connectivity index (χ0n) is 17.1. The number of piperazine rings is 1. The maximum absolute atomic E-state index is 9.25. The highest BCUT2D eigenvalue weighted by Crippen LogP contribution is 2.35. The number of rotatable bonds is 2. The second kappa shape index (κ2) is 10.2. The van der Waals surface area contributed by atoms with E-state index in [0.29, 0.717) is 10.0 Å². The van der Waals surface area contributed by atoms with Crippen molar-refractivity contribution in [2.24, 2.45) is 0 Å². The van der Waals surface area contributed by atoms with Crippen LogP contribution < -0.4 is 10.2 Å². The molecule has 162 valence electrons. The molecule has 2 aliphatic rings. The van der Waals surface area contributed by atoms with Gasteiger partial charge in [-0.1, -0.05) is 71.2 Å². The van der Waals surface area contributed by atoms with Crippen LogP contribution in [-0.2, 0) is 12.8 Å². The van der Waals surface area contributed by atoms with Crippen molar-refractivity contribution in [3.63, 3.8) is 0 Å². The van der Waals surface area contributed by atoms with Gasteiger partial charge in [-0.05, 0) is 59.9 Å². The highest BCUT2D eigenvalue weighted by atomic mass is 35.5. The van der Waals surface area contributed by atoms with Gasteiger partial charge in [0, 0.05) is 29.7 Å². The Bertz CT molecular complexity index is 1000. The van der Waals surface area contributed by atoms with Crippen LogP contribution in [0.4, 0.5) is 5.69 Å². The summed E-state index contributed by atoms with van der Waals surface area (Å²) in [5, 5.41) is 14.8. The number of anilines is 1. The zero-order valence-corrected chi connectivity index (χ0v) is 19.3. The van der Waals surface area contributed by atoms with E-state index < -0.39 is 0 Å². The van der Waals surface area contributed by atoms with Crippen LogP contribution in [0.5, 0.6) is 0 Å². The van der Waals surface area contributed by atoms with Crippen molar-refractivity contribution in [3.8, 4) is 0 Å². The summed E-state index contributed by atoms with van der Waals surface area (Å²) in [5.41, 5.74) is 4.87. The lowest BCUT2D eigenvalue weighted by atomic mass is 10.0. The van der Waals surface area contributed by atoms with Crippen molar-refractivity contribution in [3.05, 3.63) is 98.5 Å². The van der Waals surface area contributed by atoms with E-state index in [4.69, 9.17) is 34.8 Å². The number of aliphatic hydroxyl groups excluding tert-OH is 1. The Kier molecular flexibility index (Phi) is 7.42. The van der Waals surface area contributed by atoms with E-state index in [9.17, 15) is 5.11 Å². The Morgan fingerprint density at radius 2 is 1.48 bits per heavy atom. The van der Waals surface area contributed by atoms with Crippen LogP contribution in [0, 0.1) is 0 Å². The number of fused-ring (bicyclic) bond motifs is 1. The molecule has 0 unspecified atom stereocenters. The number of nitrogens with one attached hydrogen (secondary N) is 1. The Hall–Kier alpha value is -1.75. The molecule has 0 bridgehead atoms. The first-order valence-electron chi connectivity index (χ1n) is 10.4. The van der Waals surface area contributed by atoms with Crippen LogP contribution in [0.2, 0.25) is 15.1 Å². The fourth-order valence-corrected chi connectivity index (χ4v) is 4.87. The largest absolute Gasteiger partial charge is 0.392 e. The Labute approximate surface area is 198 Å². The zero-order chi connectivity index (χ0) is 21.8. The van der Waals surface area contributed by atoms with Gasteiger partial charge in [-0.15, -0.1) is 0 Å². The molecule has 3 aromatic rings. The minimum absolute atomic E-state index is 0.127. The second-order valence-corrected chi connectivity index (χ2v) is 9.17. The molecule has 0 saturated carbocycles. The predicted octanol–water partition coefficient (Wildman–Crippen LogP) is 5.94. The third kappa shape index (κ3) is 5.54. The topological polar surface area (TPSA) is 35.5 Å². The molecule has 0 radical (unpaired) electrons. The van der Waals surface area contributed by atoms with Crippen LogP contribution in [0.3, 0.4) is 0 Å². The molecule has 1 saturated heterocycles. The number of hydrogen-bond acceptors (Lipinski definition) is 3. The molecular weight excluding hydrogens is 451 g/mol. The van der Waals surface area contributed by atoms with Crippen LogP contribution in [0.15, 0.2) is 66.7 Å². The summed E-state index contributed by atoms with van der Waals surface area (Å²) in [5.74, 6) is 0. The average molecular weight is 476 g/mol. The third-order valence-corrected chi connectivity index (χ3v) is 6.54. The van der Waals surface area contributed by atoms with E-state index in [1.165, 1.54) is 16.7 Å². The van der Waals surface area contributed by atoms with Crippen LogP contribution in [0.25, 0.3) is 0 Å². The molecule has 5 rings (SSSR count). The molecule has 31 heavy (non-hydrogen) atoms. The molecular formula is C25H25Cl3N2O. The molecule has 1 aliphatic carbocycles. The molecule has 0 amide bonds. The van der Waals surface area contributed by atoms with Crippen molar-refractivity contribution in [1.82, 2.24) is 5.32 Å². The summed E-state index contributed by atoms with van der Waals surface area (Å²) in [7, 11) is 0. The van der Waals surface area contributed by atoms with Crippen molar-refractivity contribution < 1.29 is 5.11 Å². The monoisotopic (exact) mass is 474 g/mol. The quantitative estimate of drug-likeness (QED) is 0.481. The van der Waals surface area contributed by atoms with E-state index in [2.05, 4.69) is 34.5 Å². The van der Waals surface area contributed by atoms with Gasteiger partial charge in [-0.25, -0.2) is 0 Å². The van der Waals surface area contributed by atoms with Crippen molar-refractivity contribution >= 4 is 40.5 Å². The van der Waals surface area contributed by atoms with Crippen molar-refractivity contribution in [2.75, 3.05) is 24.5 Å². The normalized spacial score (nSPS) is 18.3. The number of benzene rings is 3. The standard InChI is InChI=1S/C16H15Cl3N2.C9H10O/c17-12-3-1-11(2-4-12)16-10-20-7-8-21(16)15-6-5-13(18)9-14(15)19;10-9-5-7-3-1-2-4-8(7)6-9/h1-6,9,16,20H,7-8,10H2;1-4,9-10H,5-6H2/t16-;/m0./s1. The lowest BCUT2D eigenvalue weighted by Crippen LogP contribution is -2.46. The molecule has 1 atom stereocenters. The molecule has 0 aromatic heterocycles. The number of nitrogens with zero attached hydrogens (tertiary/aromatic N) is 1. The molecule has 1 heterocycles. The van der Waals surface area contributed by atoms with E-state index in [1.54, 1.807) is 6.07 Å². The maximum Gasteiger partial charge on any atom is 0.0668 e. The van der Waals surface area contributed by atoms with E-state index >= 15 is 0 Å². The van der Waals surface area contributed by atoms with Gasteiger partial charge < -0.3 is 15.3 Å². The fraction of sp³-hybridized carbons (Fsp3) is 0.280. The van der Waals surface area contributed by atoms with E-state index in [0.717, 1.165) is 43.2 Å². The van der Waals surface area contributed by atoms with Gasteiger partial charge in [0.1, 0.15) is 0 Å². The summed E-state index contributed by atoms with van der Waals surface area (Å²) >= 11 is 18.4. The highest BCUT2D eigenvalue weighted by molar-refractivity contribution is 6.36. The summed E-state index contributed by atoms with van der Waals surface area (Å²) in [6.07, 6.45) is 1.56. The Balaban J connectivity index is 0.000000192. The molecule has 0 spiro atoms. The maximum atomic E-state index is 9.25. The molecule has 6 heteroatoms. The van der Waals surface area contributed by atoms with Gasteiger partial charge in [-0.3, -0.25) is 0 Å². The second-order valence-electron chi connectivity index (χ2n) is 7.89. The van der Waals surface area contributed by atoms with Crippen LogP contribution in [-0.4, -0.2) is 30.8 Å². The van der Waals surface area contributed by atoms with Crippen molar-refractivity contribution in [1.29, 1.82) is 0 Å². The van der Waals surface area contributed by atoms with Crippen LogP contribution >= 0.6 is 34.8 Å². The smallest absolute Gasteiger partial charge is 0.0668 e. The van der Waals surface area contributed by atoms with Gasteiger partial charge in [0.15, 0.2) is 0 Å². The summed E-state index contributed by atoms with van der Waals surface area (Å²) in [6, 6.07) is 22.1. The summed E-state index contributed by atoms with van der Waals surface area (Å²) < 4.78 is 0. The summed E-state index contributed by atoms with van der Waals surface area (Å²) in [4.78, 5) is 2.32. The number of aliphatic hydroxyl groups is 1. The first kappa shape index (κ1) is 22.4. The molecule has 1 fully saturated rings. The molecule has 3 aromatic carbocycles. The lowest BCUT2D eigenvalue weighted by molar-refractivity contribution is 0.187. The minimum Gasteiger partial charge on any atom is -0.392 e.